The van der Waals surface area contributed by atoms with Crippen LogP contribution in [0, 0.1) is 32.8 Å². The van der Waals surface area contributed by atoms with Crippen molar-refractivity contribution in [3.05, 3.63) is 138 Å². The van der Waals surface area contributed by atoms with Gasteiger partial charge in [-0.2, -0.15) is 0 Å². The minimum atomic E-state index is -2.38. The van der Waals surface area contributed by atoms with Crippen LogP contribution in [0.4, 0.5) is 0 Å². The van der Waals surface area contributed by atoms with E-state index in [2.05, 4.69) is 48.1 Å². The van der Waals surface area contributed by atoms with E-state index in [1.165, 1.54) is 0 Å². The summed E-state index contributed by atoms with van der Waals surface area (Å²) >= 11 is 0. The fourth-order valence-corrected chi connectivity index (χ4v) is 5.75. The van der Waals surface area contributed by atoms with Gasteiger partial charge in [-0.3, -0.25) is 0 Å². The summed E-state index contributed by atoms with van der Waals surface area (Å²) < 4.78 is 39.7. The molecule has 4 heterocycles. The fraction of sp³-hybridized carbons (Fsp3) is 0.195. The monoisotopic (exact) mass is 784 g/mol. The molecule has 0 spiro atoms. The van der Waals surface area contributed by atoms with Crippen LogP contribution < -0.4 is 0 Å². The van der Waals surface area contributed by atoms with Gasteiger partial charge in [0.1, 0.15) is 0 Å². The van der Waals surface area contributed by atoms with Gasteiger partial charge >= 0.3 is 0 Å². The Balaban J connectivity index is 0.000000315. The summed E-state index contributed by atoms with van der Waals surface area (Å²) in [6.07, 6.45) is 4.32. The first-order chi connectivity index (χ1) is 23.5. The number of hydrogen-bond acceptors (Lipinski definition) is 4. The molecule has 0 fully saturated rings. The van der Waals surface area contributed by atoms with Gasteiger partial charge in [0.25, 0.3) is 0 Å². The molecular formula is C41H37IrN3O-2. The van der Waals surface area contributed by atoms with Crippen molar-refractivity contribution in [3.8, 4) is 33.8 Å². The van der Waals surface area contributed by atoms with Gasteiger partial charge < -0.3 is 14.4 Å². The third kappa shape index (κ3) is 6.72. The Labute approximate surface area is 290 Å². The van der Waals surface area contributed by atoms with E-state index in [0.717, 1.165) is 44.4 Å². The summed E-state index contributed by atoms with van der Waals surface area (Å²) in [6.45, 7) is 5.56. The van der Waals surface area contributed by atoms with E-state index < -0.39 is 12.7 Å². The molecular weight excluding hydrogens is 743 g/mol. The van der Waals surface area contributed by atoms with Crippen LogP contribution in [0.15, 0.2) is 108 Å². The first-order valence-electron chi connectivity index (χ1n) is 17.2. The van der Waals surface area contributed by atoms with Gasteiger partial charge in [-0.05, 0) is 85.7 Å². The third-order valence-corrected chi connectivity index (χ3v) is 8.08. The van der Waals surface area contributed by atoms with Crippen LogP contribution >= 0.6 is 0 Å². The molecule has 0 N–H and O–H groups in total. The normalized spacial score (nSPS) is 12.7. The average molecular weight is 784 g/mol. The van der Waals surface area contributed by atoms with Gasteiger partial charge in [0.2, 0.25) is 5.71 Å². The maximum atomic E-state index is 8.86. The number of benzene rings is 3. The molecule has 0 saturated heterocycles. The second kappa shape index (κ2) is 14.8. The van der Waals surface area contributed by atoms with E-state index >= 15 is 0 Å². The number of nitrogens with zero attached hydrogens (tertiary/aromatic N) is 3. The molecule has 46 heavy (non-hydrogen) atoms. The summed E-state index contributed by atoms with van der Waals surface area (Å²) in [6, 6.07) is 35.5. The van der Waals surface area contributed by atoms with E-state index in [1.54, 1.807) is 24.5 Å². The number of aryl methyl sites for hydroxylation is 3. The predicted molar refractivity (Wildman–Crippen MR) is 185 cm³/mol. The smallest absolute Gasteiger partial charge is 0.216 e. The zero-order valence-corrected chi connectivity index (χ0v) is 28.7. The molecule has 7 aromatic rings. The van der Waals surface area contributed by atoms with Crippen LogP contribution in [-0.4, -0.2) is 15.0 Å². The molecule has 3 aromatic carbocycles. The number of fused-ring (bicyclic) bond motifs is 3. The summed E-state index contributed by atoms with van der Waals surface area (Å²) in [5.74, 6) is -1.02. The molecule has 0 bridgehead atoms. The quantitative estimate of drug-likeness (QED) is 0.158. The van der Waals surface area contributed by atoms with Gasteiger partial charge in [-0.15, -0.1) is 54.1 Å². The molecule has 5 heteroatoms. The van der Waals surface area contributed by atoms with Gasteiger partial charge in [0, 0.05) is 48.9 Å². The SMILES string of the molecule is [2H]C([2H])([2H])c1cc(-c2[c-]ccc3c2oc2nc(-c4c(C)cccc4C)ccc23)ncc1C([2H])(CC)CC.[Ir].[c-]1ccccc1-c1ccccn1. The molecule has 0 unspecified atom stereocenters. The standard InChI is InChI=1S/C30H29N2O.C11H8N.Ir/c1-6-21(7-2)25-17-31-27(16-20(25)5)24-13-9-12-22-23-14-15-26(32-30(23)33-29(22)24)28-18(3)10-8-11-19(28)4;1-2-6-10(7-3-1)11-8-4-5-9-12-11;/h8-12,14-17,21H,6-7H2,1-5H3;1-6,8-9H;/q2*-1;/i5D3,21D;;. The topological polar surface area (TPSA) is 51.8 Å². The minimum absolute atomic E-state index is 0. The molecule has 0 atom stereocenters. The van der Waals surface area contributed by atoms with Crippen LogP contribution in [0.5, 0.6) is 0 Å². The first-order valence-corrected chi connectivity index (χ1v) is 15.2. The Kier molecular flexibility index (Phi) is 8.94. The summed E-state index contributed by atoms with van der Waals surface area (Å²) in [7, 11) is 0. The Hall–Kier alpha value is -4.44. The molecule has 0 aliphatic carbocycles. The number of pyridine rings is 3. The summed E-state index contributed by atoms with van der Waals surface area (Å²) in [5.41, 5.74) is 8.89. The van der Waals surface area contributed by atoms with Crippen LogP contribution in [0.2, 0.25) is 0 Å². The molecule has 4 aromatic heterocycles. The molecule has 4 nitrogen and oxygen atoms in total. The Morgan fingerprint density at radius 1 is 0.783 bits per heavy atom. The van der Waals surface area contributed by atoms with Crippen LogP contribution in [0.3, 0.4) is 0 Å². The number of hydrogen-bond donors (Lipinski definition) is 0. The van der Waals surface area contributed by atoms with Crippen molar-refractivity contribution in [2.24, 2.45) is 0 Å². The zero-order valence-electron chi connectivity index (χ0n) is 30.3. The van der Waals surface area contributed by atoms with Gasteiger partial charge in [0.15, 0.2) is 0 Å². The van der Waals surface area contributed by atoms with E-state index in [1.807, 2.05) is 80.6 Å². The van der Waals surface area contributed by atoms with Crippen molar-refractivity contribution < 1.29 is 30.0 Å². The van der Waals surface area contributed by atoms with Gasteiger partial charge in [0.05, 0.1) is 11.3 Å². The number of furan rings is 1. The number of rotatable bonds is 6. The van der Waals surface area contributed by atoms with Gasteiger partial charge in [-0.1, -0.05) is 66.8 Å². The minimum Gasteiger partial charge on any atom is -0.486 e. The van der Waals surface area contributed by atoms with E-state index in [9.17, 15) is 0 Å². The Morgan fingerprint density at radius 2 is 1.59 bits per heavy atom. The van der Waals surface area contributed by atoms with Crippen LogP contribution in [-0.2, 0) is 20.1 Å². The number of aromatic nitrogens is 3. The zero-order chi connectivity index (χ0) is 34.8. The maximum Gasteiger partial charge on any atom is 0.216 e. The van der Waals surface area contributed by atoms with Crippen molar-refractivity contribution in [1.82, 2.24) is 15.0 Å². The van der Waals surface area contributed by atoms with E-state index in [4.69, 9.17) is 14.9 Å². The molecule has 7 rings (SSSR count). The van der Waals surface area contributed by atoms with E-state index in [0.29, 0.717) is 41.0 Å². The van der Waals surface area contributed by atoms with Crippen LogP contribution in [0.25, 0.3) is 55.8 Å². The Bertz CT molecular complexity index is 2170. The molecule has 0 amide bonds. The summed E-state index contributed by atoms with van der Waals surface area (Å²) in [4.78, 5) is 13.7. The van der Waals surface area contributed by atoms with Crippen molar-refractivity contribution in [2.75, 3.05) is 0 Å². The molecule has 0 aliphatic rings. The van der Waals surface area contributed by atoms with Crippen molar-refractivity contribution in [3.63, 3.8) is 0 Å². The average Bonchev–Trinajstić information content (AvgIpc) is 3.50. The summed E-state index contributed by atoms with van der Waals surface area (Å²) in [5, 5.41) is 1.73. The molecule has 1 radical (unpaired) electrons. The second-order valence-corrected chi connectivity index (χ2v) is 10.9. The Morgan fingerprint density at radius 3 is 2.28 bits per heavy atom. The second-order valence-electron chi connectivity index (χ2n) is 10.9. The van der Waals surface area contributed by atoms with Crippen LogP contribution in [0.1, 0.15) is 60.3 Å². The first kappa shape index (κ1) is 27.8. The van der Waals surface area contributed by atoms with Crippen molar-refractivity contribution in [2.45, 2.75) is 53.3 Å². The molecule has 233 valence electrons. The molecule has 0 saturated carbocycles. The van der Waals surface area contributed by atoms with E-state index in [-0.39, 0.29) is 25.7 Å². The largest absolute Gasteiger partial charge is 0.486 e. The van der Waals surface area contributed by atoms with Crippen molar-refractivity contribution in [1.29, 1.82) is 0 Å². The third-order valence-electron chi connectivity index (χ3n) is 8.08. The van der Waals surface area contributed by atoms with Gasteiger partial charge in [-0.25, -0.2) is 4.98 Å². The maximum absolute atomic E-state index is 8.86. The predicted octanol–water partition coefficient (Wildman–Crippen LogP) is 10.9. The van der Waals surface area contributed by atoms with Crippen molar-refractivity contribution >= 4 is 22.1 Å². The molecule has 0 aliphatic heterocycles. The fourth-order valence-electron chi connectivity index (χ4n) is 5.75.